The Bertz CT molecular complexity index is 525. The lowest BCUT2D eigenvalue weighted by atomic mass is 10.1. The number of alkyl halides is 1. The van der Waals surface area contributed by atoms with Gasteiger partial charge in [-0.05, 0) is 37.1 Å². The Morgan fingerprint density at radius 3 is 2.76 bits per heavy atom. The first-order valence-electron chi connectivity index (χ1n) is 5.45. The average molecular weight is 248 g/mol. The summed E-state index contributed by atoms with van der Waals surface area (Å²) in [5, 5.41) is 0. The van der Waals surface area contributed by atoms with Crippen molar-refractivity contribution in [1.82, 2.24) is 4.98 Å². The maximum absolute atomic E-state index is 5.89. The molecule has 0 aliphatic heterocycles. The molecule has 0 saturated carbocycles. The smallest absolute Gasteiger partial charge is 0.134 e. The first kappa shape index (κ1) is 11.9. The van der Waals surface area contributed by atoms with E-state index in [1.165, 1.54) is 5.56 Å². The predicted octanol–water partition coefficient (Wildman–Crippen LogP) is 4.23. The van der Waals surface area contributed by atoms with E-state index in [0.717, 1.165) is 22.6 Å². The lowest BCUT2D eigenvalue weighted by molar-refractivity contribution is 0.473. The second kappa shape index (κ2) is 5.19. The van der Waals surface area contributed by atoms with Gasteiger partial charge in [0.2, 0.25) is 0 Å². The van der Waals surface area contributed by atoms with Crippen LogP contribution in [0.4, 0.5) is 0 Å². The molecule has 1 aromatic carbocycles. The van der Waals surface area contributed by atoms with E-state index in [0.29, 0.717) is 5.88 Å². The summed E-state index contributed by atoms with van der Waals surface area (Å²) in [6.07, 6.45) is 3.43. The van der Waals surface area contributed by atoms with Gasteiger partial charge in [-0.25, -0.2) is 0 Å². The SMILES string of the molecule is Cc1cccc(Oc2ccncc2CCl)c1C. The van der Waals surface area contributed by atoms with E-state index < -0.39 is 0 Å². The molecule has 0 fully saturated rings. The van der Waals surface area contributed by atoms with Gasteiger partial charge in [-0.3, -0.25) is 4.98 Å². The molecule has 3 heteroatoms. The standard InChI is InChI=1S/C14H14ClNO/c1-10-4-3-5-13(11(10)2)17-14-6-7-16-9-12(14)8-15/h3-7,9H,8H2,1-2H3. The molecule has 0 aliphatic carbocycles. The molecule has 0 N–H and O–H groups in total. The van der Waals surface area contributed by atoms with Crippen LogP contribution in [0.3, 0.4) is 0 Å². The third-order valence-corrected chi connectivity index (χ3v) is 3.07. The number of pyridine rings is 1. The number of hydrogen-bond acceptors (Lipinski definition) is 2. The van der Waals surface area contributed by atoms with Crippen LogP contribution in [-0.2, 0) is 5.88 Å². The molecule has 1 aromatic heterocycles. The Kier molecular flexibility index (Phi) is 3.64. The zero-order valence-corrected chi connectivity index (χ0v) is 10.7. The highest BCUT2D eigenvalue weighted by Crippen LogP contribution is 2.29. The zero-order valence-electron chi connectivity index (χ0n) is 9.90. The van der Waals surface area contributed by atoms with Crippen LogP contribution in [0.2, 0.25) is 0 Å². The fourth-order valence-corrected chi connectivity index (χ4v) is 1.77. The van der Waals surface area contributed by atoms with E-state index in [4.69, 9.17) is 16.3 Å². The number of hydrogen-bond donors (Lipinski definition) is 0. The summed E-state index contributed by atoms with van der Waals surface area (Å²) in [6.45, 7) is 4.11. The number of halogens is 1. The fraction of sp³-hybridized carbons (Fsp3) is 0.214. The number of ether oxygens (including phenoxy) is 1. The molecule has 0 unspecified atom stereocenters. The number of aryl methyl sites for hydroxylation is 1. The molecule has 0 atom stereocenters. The van der Waals surface area contributed by atoms with Crippen LogP contribution < -0.4 is 4.74 Å². The largest absolute Gasteiger partial charge is 0.457 e. The van der Waals surface area contributed by atoms with Crippen LogP contribution in [0.25, 0.3) is 0 Å². The maximum atomic E-state index is 5.89. The molecule has 88 valence electrons. The van der Waals surface area contributed by atoms with Crippen molar-refractivity contribution >= 4 is 11.6 Å². The molecule has 2 nitrogen and oxygen atoms in total. The fourth-order valence-electron chi connectivity index (χ4n) is 1.57. The third kappa shape index (κ3) is 2.59. The Balaban J connectivity index is 2.35. The lowest BCUT2D eigenvalue weighted by Gasteiger charge is -2.12. The maximum Gasteiger partial charge on any atom is 0.134 e. The summed E-state index contributed by atoms with van der Waals surface area (Å²) < 4.78 is 5.89. The van der Waals surface area contributed by atoms with Crippen LogP contribution in [0.5, 0.6) is 11.5 Å². The Hall–Kier alpha value is -1.54. The number of rotatable bonds is 3. The molecule has 0 radical (unpaired) electrons. The van der Waals surface area contributed by atoms with Gasteiger partial charge < -0.3 is 4.74 Å². The van der Waals surface area contributed by atoms with Crippen LogP contribution in [-0.4, -0.2) is 4.98 Å². The molecule has 0 saturated heterocycles. The van der Waals surface area contributed by atoms with Gasteiger partial charge in [-0.1, -0.05) is 12.1 Å². The first-order valence-corrected chi connectivity index (χ1v) is 5.98. The molecule has 2 aromatic rings. The summed E-state index contributed by atoms with van der Waals surface area (Å²) in [7, 11) is 0. The van der Waals surface area contributed by atoms with Crippen molar-refractivity contribution in [2.75, 3.05) is 0 Å². The molecular weight excluding hydrogens is 234 g/mol. The lowest BCUT2D eigenvalue weighted by Crippen LogP contribution is -1.93. The number of aromatic nitrogens is 1. The van der Waals surface area contributed by atoms with E-state index in [2.05, 4.69) is 18.0 Å². The van der Waals surface area contributed by atoms with E-state index in [1.807, 2.05) is 25.1 Å². The van der Waals surface area contributed by atoms with Gasteiger partial charge in [0.05, 0.1) is 5.88 Å². The van der Waals surface area contributed by atoms with Crippen LogP contribution in [0, 0.1) is 13.8 Å². The normalized spacial score (nSPS) is 10.3. The molecule has 2 rings (SSSR count). The van der Waals surface area contributed by atoms with Crippen molar-refractivity contribution in [1.29, 1.82) is 0 Å². The Labute approximate surface area is 106 Å². The summed E-state index contributed by atoms with van der Waals surface area (Å²) in [6, 6.07) is 7.84. The summed E-state index contributed by atoms with van der Waals surface area (Å²) in [5.41, 5.74) is 3.25. The van der Waals surface area contributed by atoms with Crippen molar-refractivity contribution in [3.63, 3.8) is 0 Å². The second-order valence-corrected chi connectivity index (χ2v) is 4.18. The van der Waals surface area contributed by atoms with E-state index in [9.17, 15) is 0 Å². The van der Waals surface area contributed by atoms with Crippen LogP contribution >= 0.6 is 11.6 Å². The van der Waals surface area contributed by atoms with Gasteiger partial charge in [0.25, 0.3) is 0 Å². The van der Waals surface area contributed by atoms with E-state index in [-0.39, 0.29) is 0 Å². The monoisotopic (exact) mass is 247 g/mol. The van der Waals surface area contributed by atoms with Gasteiger partial charge >= 0.3 is 0 Å². The Morgan fingerprint density at radius 2 is 2.00 bits per heavy atom. The van der Waals surface area contributed by atoms with Gasteiger partial charge in [0, 0.05) is 18.0 Å². The highest BCUT2D eigenvalue weighted by atomic mass is 35.5. The summed E-state index contributed by atoms with van der Waals surface area (Å²) in [4.78, 5) is 4.03. The minimum absolute atomic E-state index is 0.397. The van der Waals surface area contributed by atoms with Crippen molar-refractivity contribution in [3.8, 4) is 11.5 Å². The van der Waals surface area contributed by atoms with Gasteiger partial charge in [0.15, 0.2) is 0 Å². The molecule has 0 aliphatic rings. The van der Waals surface area contributed by atoms with Gasteiger partial charge in [-0.15, -0.1) is 11.6 Å². The molecule has 0 bridgehead atoms. The molecule has 0 spiro atoms. The van der Waals surface area contributed by atoms with Crippen LogP contribution in [0.1, 0.15) is 16.7 Å². The molecular formula is C14H14ClNO. The average Bonchev–Trinajstić information content (AvgIpc) is 2.35. The molecule has 17 heavy (non-hydrogen) atoms. The molecule has 1 heterocycles. The van der Waals surface area contributed by atoms with Gasteiger partial charge in [0.1, 0.15) is 11.5 Å². The van der Waals surface area contributed by atoms with Crippen LogP contribution in [0.15, 0.2) is 36.7 Å². The van der Waals surface area contributed by atoms with Gasteiger partial charge in [-0.2, -0.15) is 0 Å². The first-order chi connectivity index (χ1) is 8.22. The summed E-state index contributed by atoms with van der Waals surface area (Å²) >= 11 is 5.85. The summed E-state index contributed by atoms with van der Waals surface area (Å²) in [5.74, 6) is 2.03. The third-order valence-electron chi connectivity index (χ3n) is 2.78. The van der Waals surface area contributed by atoms with Crippen molar-refractivity contribution in [2.45, 2.75) is 19.7 Å². The van der Waals surface area contributed by atoms with E-state index in [1.54, 1.807) is 12.4 Å². The minimum Gasteiger partial charge on any atom is -0.457 e. The minimum atomic E-state index is 0.397. The quantitative estimate of drug-likeness (QED) is 0.758. The number of nitrogens with zero attached hydrogens (tertiary/aromatic N) is 1. The Morgan fingerprint density at radius 1 is 1.18 bits per heavy atom. The molecule has 0 amide bonds. The topological polar surface area (TPSA) is 22.1 Å². The van der Waals surface area contributed by atoms with E-state index >= 15 is 0 Å². The zero-order chi connectivity index (χ0) is 12.3. The van der Waals surface area contributed by atoms with Crippen molar-refractivity contribution < 1.29 is 4.74 Å². The predicted molar refractivity (Wildman–Crippen MR) is 69.8 cm³/mol. The number of benzene rings is 1. The highest BCUT2D eigenvalue weighted by Gasteiger charge is 2.06. The second-order valence-electron chi connectivity index (χ2n) is 3.92. The van der Waals surface area contributed by atoms with Crippen molar-refractivity contribution in [2.24, 2.45) is 0 Å². The highest BCUT2D eigenvalue weighted by molar-refractivity contribution is 6.17. The van der Waals surface area contributed by atoms with Crippen molar-refractivity contribution in [3.05, 3.63) is 53.3 Å².